The lowest BCUT2D eigenvalue weighted by Crippen LogP contribution is -2.53. The first kappa shape index (κ1) is 27.0. The molecule has 1 N–H and O–H groups in total. The average Bonchev–Trinajstić information content (AvgIpc) is 2.81. The van der Waals surface area contributed by atoms with Gasteiger partial charge in [-0.2, -0.15) is 0 Å². The van der Waals surface area contributed by atoms with Crippen molar-refractivity contribution in [3.05, 3.63) is 64.7 Å². The predicted molar refractivity (Wildman–Crippen MR) is 140 cm³/mol. The molecule has 0 spiro atoms. The monoisotopic (exact) mass is 519 g/mol. The topological polar surface area (TPSA) is 86.8 Å². The van der Waals surface area contributed by atoms with E-state index in [1.165, 1.54) is 11.3 Å². The van der Waals surface area contributed by atoms with Crippen molar-refractivity contribution >= 4 is 39.1 Å². The third-order valence-electron chi connectivity index (χ3n) is 6.42. The average molecular weight is 520 g/mol. The number of hydrogen-bond acceptors (Lipinski definition) is 4. The Balaban J connectivity index is 1.87. The number of halogens is 1. The standard InChI is InChI=1S/C26H34ClN3O4S/c1-19-16-22(27)14-15-24(19)30(35(3,33)34)18-25(31)29(17-21-10-6-4-7-11-21)20(2)26(32)28-23-12-8-5-9-13-23/h4,6-7,10-11,14-16,20,23H,5,8-9,12-13,17-18H2,1-3H3,(H,28,32). The highest BCUT2D eigenvalue weighted by Crippen LogP contribution is 2.26. The van der Waals surface area contributed by atoms with Crippen molar-refractivity contribution in [3.8, 4) is 0 Å². The van der Waals surface area contributed by atoms with Crippen LogP contribution in [0.4, 0.5) is 5.69 Å². The number of sulfonamides is 1. The van der Waals surface area contributed by atoms with Gasteiger partial charge in [0, 0.05) is 17.6 Å². The minimum atomic E-state index is -3.78. The Bertz CT molecular complexity index is 1130. The zero-order chi connectivity index (χ0) is 25.6. The largest absolute Gasteiger partial charge is 0.352 e. The molecule has 35 heavy (non-hydrogen) atoms. The summed E-state index contributed by atoms with van der Waals surface area (Å²) in [7, 11) is -3.78. The summed E-state index contributed by atoms with van der Waals surface area (Å²) in [6.07, 6.45) is 6.26. The molecule has 1 aliphatic rings. The van der Waals surface area contributed by atoms with Gasteiger partial charge in [0.25, 0.3) is 0 Å². The van der Waals surface area contributed by atoms with Crippen molar-refractivity contribution in [1.29, 1.82) is 0 Å². The van der Waals surface area contributed by atoms with Gasteiger partial charge in [0.2, 0.25) is 21.8 Å². The van der Waals surface area contributed by atoms with E-state index in [0.29, 0.717) is 16.3 Å². The number of amides is 2. The molecular weight excluding hydrogens is 486 g/mol. The van der Waals surface area contributed by atoms with Crippen LogP contribution in [0.25, 0.3) is 0 Å². The number of nitrogens with zero attached hydrogens (tertiary/aromatic N) is 2. The molecule has 1 aliphatic carbocycles. The first-order valence-corrected chi connectivity index (χ1v) is 14.2. The third-order valence-corrected chi connectivity index (χ3v) is 7.78. The zero-order valence-electron chi connectivity index (χ0n) is 20.5. The number of benzene rings is 2. The summed E-state index contributed by atoms with van der Waals surface area (Å²) < 4.78 is 26.5. The number of carbonyl (C=O) groups excluding carboxylic acids is 2. The molecule has 3 rings (SSSR count). The zero-order valence-corrected chi connectivity index (χ0v) is 22.1. The van der Waals surface area contributed by atoms with Gasteiger partial charge >= 0.3 is 0 Å². The van der Waals surface area contributed by atoms with Gasteiger partial charge in [-0.3, -0.25) is 13.9 Å². The molecule has 0 aliphatic heterocycles. The SMILES string of the molecule is Cc1cc(Cl)ccc1N(CC(=O)N(Cc1ccccc1)C(C)C(=O)NC1CCCCC1)S(C)(=O)=O. The minimum absolute atomic E-state index is 0.108. The van der Waals surface area contributed by atoms with Crippen molar-refractivity contribution in [2.45, 2.75) is 64.6 Å². The second kappa shape index (κ2) is 11.9. The molecule has 2 aromatic rings. The van der Waals surface area contributed by atoms with E-state index in [1.54, 1.807) is 32.0 Å². The Morgan fingerprint density at radius 3 is 2.34 bits per heavy atom. The van der Waals surface area contributed by atoms with E-state index in [1.807, 2.05) is 30.3 Å². The lowest BCUT2D eigenvalue weighted by Gasteiger charge is -2.33. The summed E-state index contributed by atoms with van der Waals surface area (Å²) in [4.78, 5) is 28.2. The molecule has 9 heteroatoms. The van der Waals surface area contributed by atoms with Crippen molar-refractivity contribution in [2.24, 2.45) is 0 Å². The highest BCUT2D eigenvalue weighted by Gasteiger charge is 2.31. The molecular formula is C26H34ClN3O4S. The smallest absolute Gasteiger partial charge is 0.244 e. The number of hydrogen-bond donors (Lipinski definition) is 1. The maximum absolute atomic E-state index is 13.6. The summed E-state index contributed by atoms with van der Waals surface area (Å²) in [6.45, 7) is 3.20. The molecule has 0 heterocycles. The van der Waals surface area contributed by atoms with E-state index >= 15 is 0 Å². The van der Waals surface area contributed by atoms with Crippen LogP contribution in [0, 0.1) is 6.92 Å². The van der Waals surface area contributed by atoms with E-state index in [0.717, 1.165) is 41.8 Å². The van der Waals surface area contributed by atoms with E-state index in [2.05, 4.69) is 5.32 Å². The fourth-order valence-electron chi connectivity index (χ4n) is 4.42. The highest BCUT2D eigenvalue weighted by atomic mass is 35.5. The van der Waals surface area contributed by atoms with Crippen molar-refractivity contribution < 1.29 is 18.0 Å². The van der Waals surface area contributed by atoms with Gasteiger partial charge in [-0.15, -0.1) is 0 Å². The Morgan fingerprint density at radius 1 is 1.09 bits per heavy atom. The molecule has 1 atom stereocenters. The van der Waals surface area contributed by atoms with E-state index in [4.69, 9.17) is 11.6 Å². The molecule has 7 nitrogen and oxygen atoms in total. The molecule has 1 fully saturated rings. The Kier molecular flexibility index (Phi) is 9.19. The van der Waals surface area contributed by atoms with Crippen LogP contribution in [0.5, 0.6) is 0 Å². The normalized spacial score (nSPS) is 15.3. The number of rotatable bonds is 9. The van der Waals surface area contributed by atoms with Gasteiger partial charge < -0.3 is 10.2 Å². The van der Waals surface area contributed by atoms with Crippen molar-refractivity contribution in [1.82, 2.24) is 10.2 Å². The van der Waals surface area contributed by atoms with Gasteiger partial charge in [-0.25, -0.2) is 8.42 Å². The molecule has 2 amide bonds. The van der Waals surface area contributed by atoms with Crippen LogP contribution >= 0.6 is 11.6 Å². The maximum Gasteiger partial charge on any atom is 0.244 e. The van der Waals surface area contributed by atoms with Gasteiger partial charge in [0.1, 0.15) is 12.6 Å². The molecule has 0 radical (unpaired) electrons. The molecule has 0 saturated heterocycles. The fourth-order valence-corrected chi connectivity index (χ4v) is 5.56. The molecule has 0 bridgehead atoms. The van der Waals surface area contributed by atoms with Crippen molar-refractivity contribution in [2.75, 3.05) is 17.1 Å². The number of nitrogens with one attached hydrogen (secondary N) is 1. The summed E-state index contributed by atoms with van der Waals surface area (Å²) in [5.41, 5.74) is 1.87. The predicted octanol–water partition coefficient (Wildman–Crippen LogP) is 4.28. The Morgan fingerprint density at radius 2 is 1.74 bits per heavy atom. The van der Waals surface area contributed by atoms with Crippen LogP contribution in [0.1, 0.15) is 50.2 Å². The Labute approximate surface area is 213 Å². The summed E-state index contributed by atoms with van der Waals surface area (Å²) in [6, 6.07) is 13.5. The van der Waals surface area contributed by atoms with Crippen LogP contribution < -0.4 is 9.62 Å². The second-order valence-corrected chi connectivity index (χ2v) is 11.6. The molecule has 0 aromatic heterocycles. The number of anilines is 1. The quantitative estimate of drug-likeness (QED) is 0.535. The van der Waals surface area contributed by atoms with Crippen LogP contribution in [0.15, 0.2) is 48.5 Å². The second-order valence-electron chi connectivity index (χ2n) is 9.23. The summed E-state index contributed by atoms with van der Waals surface area (Å²) in [5.74, 6) is -0.685. The van der Waals surface area contributed by atoms with Crippen LogP contribution in [-0.2, 0) is 26.2 Å². The van der Waals surface area contributed by atoms with Gasteiger partial charge in [0.05, 0.1) is 11.9 Å². The van der Waals surface area contributed by atoms with Crippen molar-refractivity contribution in [3.63, 3.8) is 0 Å². The lowest BCUT2D eigenvalue weighted by molar-refractivity contribution is -0.139. The first-order valence-electron chi connectivity index (χ1n) is 11.9. The third kappa shape index (κ3) is 7.45. The Hall–Kier alpha value is -2.58. The molecule has 190 valence electrons. The molecule has 1 unspecified atom stereocenters. The highest BCUT2D eigenvalue weighted by molar-refractivity contribution is 7.92. The van der Waals surface area contributed by atoms with Gasteiger partial charge in [-0.05, 0) is 56.0 Å². The van der Waals surface area contributed by atoms with Gasteiger partial charge in [-0.1, -0.05) is 61.2 Å². The summed E-state index contributed by atoms with van der Waals surface area (Å²) >= 11 is 6.05. The fraction of sp³-hybridized carbons (Fsp3) is 0.462. The summed E-state index contributed by atoms with van der Waals surface area (Å²) in [5, 5.41) is 3.57. The van der Waals surface area contributed by atoms with E-state index in [-0.39, 0.29) is 18.5 Å². The lowest BCUT2D eigenvalue weighted by atomic mass is 9.95. The van der Waals surface area contributed by atoms with Crippen LogP contribution in [0.2, 0.25) is 5.02 Å². The number of carbonyl (C=O) groups is 2. The van der Waals surface area contributed by atoms with E-state index in [9.17, 15) is 18.0 Å². The van der Waals surface area contributed by atoms with E-state index < -0.39 is 28.5 Å². The molecule has 1 saturated carbocycles. The maximum atomic E-state index is 13.6. The van der Waals surface area contributed by atoms with Gasteiger partial charge in [0.15, 0.2) is 0 Å². The first-order chi connectivity index (χ1) is 16.6. The minimum Gasteiger partial charge on any atom is -0.352 e. The van der Waals surface area contributed by atoms with Crippen LogP contribution in [-0.4, -0.2) is 50.0 Å². The molecule has 2 aromatic carbocycles. The number of aryl methyl sites for hydroxylation is 1. The van der Waals surface area contributed by atoms with Crippen LogP contribution in [0.3, 0.4) is 0 Å².